The Hall–Kier alpha value is -4.01. The molecule has 1 aliphatic heterocycles. The molecule has 2 fully saturated rings. The van der Waals surface area contributed by atoms with E-state index in [1.54, 1.807) is 24.3 Å². The van der Waals surface area contributed by atoms with Gasteiger partial charge < -0.3 is 15.4 Å². The van der Waals surface area contributed by atoms with Gasteiger partial charge in [0.2, 0.25) is 11.8 Å². The fourth-order valence-corrected chi connectivity index (χ4v) is 3.26. The second kappa shape index (κ2) is 9.01. The molecule has 2 aromatic rings. The van der Waals surface area contributed by atoms with Gasteiger partial charge in [-0.25, -0.2) is 4.79 Å². The SMILES string of the molecule is O=C(COC(=O)c1ccc(N2C(=O)CCC2=O)cc1)Nc1cccc(C(=O)NC2CC2)c1. The summed E-state index contributed by atoms with van der Waals surface area (Å²) in [6.07, 6.45) is 2.30. The molecule has 164 valence electrons. The van der Waals surface area contributed by atoms with Crippen LogP contribution in [-0.2, 0) is 19.1 Å². The van der Waals surface area contributed by atoms with Crippen molar-refractivity contribution in [2.45, 2.75) is 31.7 Å². The lowest BCUT2D eigenvalue weighted by Gasteiger charge is -2.14. The van der Waals surface area contributed by atoms with Gasteiger partial charge in [-0.15, -0.1) is 0 Å². The number of nitrogens with zero attached hydrogens (tertiary/aromatic N) is 1. The molecule has 2 aromatic carbocycles. The van der Waals surface area contributed by atoms with E-state index in [0.717, 1.165) is 17.7 Å². The highest BCUT2D eigenvalue weighted by atomic mass is 16.5. The summed E-state index contributed by atoms with van der Waals surface area (Å²) in [5.41, 5.74) is 1.41. The van der Waals surface area contributed by atoms with Crippen LogP contribution in [-0.4, -0.2) is 42.2 Å². The maximum absolute atomic E-state index is 12.2. The molecule has 0 bridgehead atoms. The molecule has 2 aliphatic rings. The van der Waals surface area contributed by atoms with Gasteiger partial charge in [-0.05, 0) is 55.3 Å². The number of hydrogen-bond acceptors (Lipinski definition) is 6. The van der Waals surface area contributed by atoms with E-state index in [9.17, 15) is 24.0 Å². The summed E-state index contributed by atoms with van der Waals surface area (Å²) in [6, 6.07) is 12.5. The standard InChI is InChI=1S/C23H21N3O6/c27-19(24-17-3-1-2-15(12-17)22(30)25-16-6-7-16)13-32-23(31)14-4-8-18(9-5-14)26-20(28)10-11-21(26)29/h1-5,8-9,12,16H,6-7,10-11,13H2,(H,24,27)(H,25,30). The van der Waals surface area contributed by atoms with Crippen molar-refractivity contribution in [3.63, 3.8) is 0 Å². The zero-order valence-corrected chi connectivity index (χ0v) is 17.1. The van der Waals surface area contributed by atoms with Crippen molar-refractivity contribution in [3.05, 3.63) is 59.7 Å². The zero-order chi connectivity index (χ0) is 22.7. The topological polar surface area (TPSA) is 122 Å². The molecule has 1 saturated carbocycles. The van der Waals surface area contributed by atoms with E-state index in [-0.39, 0.29) is 42.2 Å². The maximum Gasteiger partial charge on any atom is 0.338 e. The van der Waals surface area contributed by atoms with Crippen LogP contribution in [0.15, 0.2) is 48.5 Å². The molecule has 1 heterocycles. The van der Waals surface area contributed by atoms with Gasteiger partial charge >= 0.3 is 5.97 Å². The Morgan fingerprint density at radius 2 is 1.62 bits per heavy atom. The van der Waals surface area contributed by atoms with E-state index in [0.29, 0.717) is 16.9 Å². The molecule has 1 saturated heterocycles. The van der Waals surface area contributed by atoms with Crippen molar-refractivity contribution in [3.8, 4) is 0 Å². The van der Waals surface area contributed by atoms with Gasteiger partial charge in [0.15, 0.2) is 6.61 Å². The van der Waals surface area contributed by atoms with Crippen LogP contribution in [0.1, 0.15) is 46.4 Å². The molecule has 0 spiro atoms. The van der Waals surface area contributed by atoms with E-state index in [1.165, 1.54) is 24.3 Å². The number of benzene rings is 2. The summed E-state index contributed by atoms with van der Waals surface area (Å²) in [5.74, 6) is -2.03. The third kappa shape index (κ3) is 5.00. The van der Waals surface area contributed by atoms with Gasteiger partial charge in [0.25, 0.3) is 11.8 Å². The Morgan fingerprint density at radius 1 is 0.938 bits per heavy atom. The van der Waals surface area contributed by atoms with Crippen LogP contribution in [0.5, 0.6) is 0 Å². The Labute approximate surface area is 183 Å². The zero-order valence-electron chi connectivity index (χ0n) is 17.1. The van der Waals surface area contributed by atoms with Crippen LogP contribution in [0, 0.1) is 0 Å². The molecule has 2 N–H and O–H groups in total. The number of carbonyl (C=O) groups is 5. The van der Waals surface area contributed by atoms with Crippen molar-refractivity contribution in [2.75, 3.05) is 16.8 Å². The fourth-order valence-electron chi connectivity index (χ4n) is 3.26. The van der Waals surface area contributed by atoms with Crippen LogP contribution < -0.4 is 15.5 Å². The number of esters is 1. The van der Waals surface area contributed by atoms with E-state index in [2.05, 4.69) is 10.6 Å². The minimum Gasteiger partial charge on any atom is -0.452 e. The Balaban J connectivity index is 1.29. The molecule has 0 atom stereocenters. The number of hydrogen-bond donors (Lipinski definition) is 2. The highest BCUT2D eigenvalue weighted by Gasteiger charge is 2.30. The smallest absolute Gasteiger partial charge is 0.338 e. The number of nitrogens with one attached hydrogen (secondary N) is 2. The number of imide groups is 1. The fraction of sp³-hybridized carbons (Fsp3) is 0.261. The molecular formula is C23H21N3O6. The molecule has 9 nitrogen and oxygen atoms in total. The second-order valence-electron chi connectivity index (χ2n) is 7.62. The van der Waals surface area contributed by atoms with Crippen molar-refractivity contribution >= 4 is 41.0 Å². The van der Waals surface area contributed by atoms with Crippen molar-refractivity contribution < 1.29 is 28.7 Å². The Bertz CT molecular complexity index is 1080. The van der Waals surface area contributed by atoms with Crippen molar-refractivity contribution in [1.29, 1.82) is 0 Å². The average molecular weight is 435 g/mol. The molecule has 4 amide bonds. The molecule has 4 rings (SSSR count). The Morgan fingerprint density at radius 3 is 2.28 bits per heavy atom. The quantitative estimate of drug-likeness (QED) is 0.507. The van der Waals surface area contributed by atoms with Crippen LogP contribution >= 0.6 is 0 Å². The highest BCUT2D eigenvalue weighted by Crippen LogP contribution is 2.23. The summed E-state index contributed by atoms with van der Waals surface area (Å²) < 4.78 is 5.03. The molecule has 0 aromatic heterocycles. The minimum absolute atomic E-state index is 0.172. The number of ether oxygens (including phenoxy) is 1. The van der Waals surface area contributed by atoms with Gasteiger partial charge in [0.05, 0.1) is 11.3 Å². The molecule has 0 unspecified atom stereocenters. The molecular weight excluding hydrogens is 414 g/mol. The van der Waals surface area contributed by atoms with Crippen molar-refractivity contribution in [1.82, 2.24) is 5.32 Å². The van der Waals surface area contributed by atoms with Crippen molar-refractivity contribution in [2.24, 2.45) is 0 Å². The average Bonchev–Trinajstić information content (AvgIpc) is 3.54. The van der Waals surface area contributed by atoms with E-state index >= 15 is 0 Å². The summed E-state index contributed by atoms with van der Waals surface area (Å²) >= 11 is 0. The van der Waals surface area contributed by atoms with E-state index in [1.807, 2.05) is 0 Å². The maximum atomic E-state index is 12.2. The lowest BCUT2D eigenvalue weighted by atomic mass is 10.2. The molecule has 0 radical (unpaired) electrons. The number of rotatable bonds is 7. The monoisotopic (exact) mass is 435 g/mol. The summed E-state index contributed by atoms with van der Waals surface area (Å²) in [4.78, 5) is 61.1. The van der Waals surface area contributed by atoms with Crippen LogP contribution in [0.3, 0.4) is 0 Å². The van der Waals surface area contributed by atoms with Crippen LogP contribution in [0.2, 0.25) is 0 Å². The molecule has 9 heteroatoms. The molecule has 1 aliphatic carbocycles. The van der Waals surface area contributed by atoms with E-state index < -0.39 is 18.5 Å². The third-order valence-electron chi connectivity index (χ3n) is 5.07. The first kappa shape index (κ1) is 21.2. The lowest BCUT2D eigenvalue weighted by Crippen LogP contribution is -2.28. The van der Waals surface area contributed by atoms with Gasteiger partial charge in [0, 0.05) is 30.1 Å². The summed E-state index contributed by atoms with van der Waals surface area (Å²) in [6.45, 7) is -0.512. The number of anilines is 2. The second-order valence-corrected chi connectivity index (χ2v) is 7.62. The highest BCUT2D eigenvalue weighted by molar-refractivity contribution is 6.19. The number of amides is 4. The van der Waals surface area contributed by atoms with Gasteiger partial charge in [0.1, 0.15) is 0 Å². The van der Waals surface area contributed by atoms with Crippen LogP contribution in [0.25, 0.3) is 0 Å². The molecule has 32 heavy (non-hydrogen) atoms. The first-order valence-electron chi connectivity index (χ1n) is 10.2. The Kier molecular flexibility index (Phi) is 5.98. The normalized spacial score (nSPS) is 15.4. The predicted octanol–water partition coefficient (Wildman–Crippen LogP) is 2.03. The van der Waals surface area contributed by atoms with Gasteiger partial charge in [-0.2, -0.15) is 0 Å². The minimum atomic E-state index is -0.719. The third-order valence-corrected chi connectivity index (χ3v) is 5.07. The van der Waals surface area contributed by atoms with Crippen LogP contribution in [0.4, 0.5) is 11.4 Å². The summed E-state index contributed by atoms with van der Waals surface area (Å²) in [7, 11) is 0. The first-order chi connectivity index (χ1) is 15.4. The van der Waals surface area contributed by atoms with E-state index in [4.69, 9.17) is 4.74 Å². The predicted molar refractivity (Wildman–Crippen MR) is 114 cm³/mol. The largest absolute Gasteiger partial charge is 0.452 e. The number of carbonyl (C=O) groups excluding carboxylic acids is 5. The van der Waals surface area contributed by atoms with Gasteiger partial charge in [-0.3, -0.25) is 24.1 Å². The van der Waals surface area contributed by atoms with Gasteiger partial charge in [-0.1, -0.05) is 6.07 Å². The first-order valence-corrected chi connectivity index (χ1v) is 10.2. The summed E-state index contributed by atoms with van der Waals surface area (Å²) in [5, 5.41) is 5.47. The lowest BCUT2D eigenvalue weighted by molar-refractivity contribution is -0.121.